The average molecular weight is 308 g/mol. The fourth-order valence-electron chi connectivity index (χ4n) is 1.96. The number of aromatic hydroxyl groups is 2. The zero-order chi connectivity index (χ0) is 15.6. The molecule has 0 unspecified atom stereocenters. The van der Waals surface area contributed by atoms with Gasteiger partial charge in [-0.3, -0.25) is 4.98 Å². The number of rotatable bonds is 4. The molecule has 0 fully saturated rings. The van der Waals surface area contributed by atoms with Crippen molar-refractivity contribution in [3.8, 4) is 11.5 Å². The number of benzene rings is 1. The molecule has 6 nitrogen and oxygen atoms in total. The molecule has 0 aliphatic heterocycles. The molecule has 2 N–H and O–H groups in total. The molecule has 1 heterocycles. The second-order valence-corrected chi connectivity index (χ2v) is 6.02. The van der Waals surface area contributed by atoms with E-state index in [0.29, 0.717) is 24.1 Å². The normalized spacial score (nSPS) is 11.5. The van der Waals surface area contributed by atoms with Crippen molar-refractivity contribution < 1.29 is 23.2 Å². The topological polar surface area (TPSA) is 111 Å². The Morgan fingerprint density at radius 1 is 1.10 bits per heavy atom. The van der Waals surface area contributed by atoms with E-state index in [1.807, 2.05) is 0 Å². The van der Waals surface area contributed by atoms with Crippen LogP contribution in [0.15, 0.2) is 35.2 Å². The SMILES string of the molecule is Cc1ccc(O)c(CCc2ccc(O)c(S(=O)(=O)[O-])c2)n1. The second kappa shape index (κ2) is 5.71. The number of aromatic nitrogens is 1. The first kappa shape index (κ1) is 15.3. The van der Waals surface area contributed by atoms with Gasteiger partial charge in [-0.15, -0.1) is 0 Å². The van der Waals surface area contributed by atoms with Crippen molar-refractivity contribution in [3.05, 3.63) is 47.3 Å². The first-order valence-electron chi connectivity index (χ1n) is 6.20. The van der Waals surface area contributed by atoms with Crippen molar-refractivity contribution in [2.75, 3.05) is 0 Å². The minimum Gasteiger partial charge on any atom is -0.744 e. The zero-order valence-corrected chi connectivity index (χ0v) is 12.1. The van der Waals surface area contributed by atoms with Crippen molar-refractivity contribution in [2.24, 2.45) is 0 Å². The van der Waals surface area contributed by atoms with Gasteiger partial charge < -0.3 is 14.8 Å². The van der Waals surface area contributed by atoms with E-state index in [1.165, 1.54) is 12.1 Å². The molecule has 0 atom stereocenters. The van der Waals surface area contributed by atoms with Crippen LogP contribution >= 0.6 is 0 Å². The fourth-order valence-corrected chi connectivity index (χ4v) is 2.58. The maximum Gasteiger partial charge on any atom is 0.137 e. The Morgan fingerprint density at radius 3 is 2.43 bits per heavy atom. The van der Waals surface area contributed by atoms with E-state index in [-0.39, 0.29) is 5.75 Å². The molecule has 0 bridgehead atoms. The number of hydrogen-bond donors (Lipinski definition) is 2. The maximum absolute atomic E-state index is 11.0. The van der Waals surface area contributed by atoms with Gasteiger partial charge in [0.1, 0.15) is 21.6 Å². The molecule has 0 aliphatic carbocycles. The summed E-state index contributed by atoms with van der Waals surface area (Å²) in [5.41, 5.74) is 1.82. The van der Waals surface area contributed by atoms with Crippen LogP contribution in [0.5, 0.6) is 11.5 Å². The summed E-state index contributed by atoms with van der Waals surface area (Å²) in [5, 5.41) is 19.1. The molecule has 1 aromatic carbocycles. The standard InChI is InChI=1S/C14H15NO5S/c1-9-2-6-12(16)11(15-9)5-3-10-4-7-13(17)14(8-10)21(18,19)20/h2,4,6-8,16-17H,3,5H2,1H3,(H,18,19,20)/p-1. The van der Waals surface area contributed by atoms with Crippen LogP contribution in [0.3, 0.4) is 0 Å². The molecule has 21 heavy (non-hydrogen) atoms. The molecule has 2 rings (SSSR count). The summed E-state index contributed by atoms with van der Waals surface area (Å²) in [4.78, 5) is 3.56. The average Bonchev–Trinajstić information content (AvgIpc) is 2.40. The molecular weight excluding hydrogens is 294 g/mol. The van der Waals surface area contributed by atoms with Gasteiger partial charge in [-0.2, -0.15) is 0 Å². The first-order chi connectivity index (χ1) is 9.77. The number of phenolic OH excluding ortho intramolecular Hbond substituents is 1. The summed E-state index contributed by atoms with van der Waals surface area (Å²) < 4.78 is 33.0. The van der Waals surface area contributed by atoms with E-state index >= 15 is 0 Å². The minimum absolute atomic E-state index is 0.0658. The predicted molar refractivity (Wildman–Crippen MR) is 74.1 cm³/mol. The third kappa shape index (κ3) is 3.71. The lowest BCUT2D eigenvalue weighted by molar-refractivity contribution is 0.435. The molecule has 0 spiro atoms. The van der Waals surface area contributed by atoms with Crippen molar-refractivity contribution in [2.45, 2.75) is 24.7 Å². The fraction of sp³-hybridized carbons (Fsp3) is 0.214. The number of pyridine rings is 1. The Hall–Kier alpha value is -2.12. The van der Waals surface area contributed by atoms with Crippen LogP contribution in [0, 0.1) is 6.92 Å². The van der Waals surface area contributed by atoms with Crippen LogP contribution in [-0.4, -0.2) is 28.2 Å². The van der Waals surface area contributed by atoms with Gasteiger partial charge in [-0.05, 0) is 49.6 Å². The van der Waals surface area contributed by atoms with Crippen molar-refractivity contribution in [1.82, 2.24) is 4.98 Å². The Labute approximate surface area is 122 Å². The Morgan fingerprint density at radius 2 is 1.76 bits per heavy atom. The molecule has 112 valence electrons. The zero-order valence-electron chi connectivity index (χ0n) is 11.3. The summed E-state index contributed by atoms with van der Waals surface area (Å²) in [5.74, 6) is -0.499. The molecule has 0 saturated carbocycles. The van der Waals surface area contributed by atoms with Crippen molar-refractivity contribution in [1.29, 1.82) is 0 Å². The van der Waals surface area contributed by atoms with Gasteiger partial charge in [-0.25, -0.2) is 8.42 Å². The molecule has 0 radical (unpaired) electrons. The number of aryl methyl sites for hydroxylation is 3. The smallest absolute Gasteiger partial charge is 0.137 e. The Bertz CT molecular complexity index is 771. The molecule has 0 saturated heterocycles. The largest absolute Gasteiger partial charge is 0.744 e. The van der Waals surface area contributed by atoms with Crippen LogP contribution in [0.2, 0.25) is 0 Å². The summed E-state index contributed by atoms with van der Waals surface area (Å²) in [6.07, 6.45) is 0.767. The summed E-state index contributed by atoms with van der Waals surface area (Å²) in [6.45, 7) is 1.80. The van der Waals surface area contributed by atoms with Gasteiger partial charge in [0.25, 0.3) is 0 Å². The van der Waals surface area contributed by atoms with Crippen molar-refractivity contribution in [3.63, 3.8) is 0 Å². The van der Waals surface area contributed by atoms with Gasteiger partial charge in [0, 0.05) is 5.69 Å². The van der Waals surface area contributed by atoms with E-state index < -0.39 is 20.8 Å². The van der Waals surface area contributed by atoms with E-state index in [1.54, 1.807) is 19.1 Å². The van der Waals surface area contributed by atoms with E-state index in [4.69, 9.17) is 0 Å². The highest BCUT2D eigenvalue weighted by molar-refractivity contribution is 7.85. The van der Waals surface area contributed by atoms with E-state index in [0.717, 1.165) is 11.8 Å². The predicted octanol–water partition coefficient (Wildman–Crippen LogP) is 1.49. The van der Waals surface area contributed by atoms with Crippen LogP contribution in [-0.2, 0) is 23.0 Å². The number of nitrogens with zero attached hydrogens (tertiary/aromatic N) is 1. The van der Waals surface area contributed by atoms with Crippen LogP contribution in [0.4, 0.5) is 0 Å². The summed E-state index contributed by atoms with van der Waals surface area (Å²) >= 11 is 0. The third-order valence-electron chi connectivity index (χ3n) is 3.03. The van der Waals surface area contributed by atoms with Crippen molar-refractivity contribution >= 4 is 10.1 Å². The molecule has 2 aromatic rings. The van der Waals surface area contributed by atoms with E-state index in [2.05, 4.69) is 4.98 Å². The Balaban J connectivity index is 2.23. The van der Waals surface area contributed by atoms with E-state index in [9.17, 15) is 23.2 Å². The van der Waals surface area contributed by atoms with Gasteiger partial charge >= 0.3 is 0 Å². The molecule has 0 amide bonds. The quantitative estimate of drug-likeness (QED) is 0.828. The van der Waals surface area contributed by atoms with Gasteiger partial charge in [0.15, 0.2) is 0 Å². The molecule has 7 heteroatoms. The van der Waals surface area contributed by atoms with Gasteiger partial charge in [-0.1, -0.05) is 6.07 Å². The third-order valence-corrected chi connectivity index (χ3v) is 3.90. The monoisotopic (exact) mass is 308 g/mol. The molecule has 0 aliphatic rings. The lowest BCUT2D eigenvalue weighted by Crippen LogP contribution is -2.01. The van der Waals surface area contributed by atoms with Gasteiger partial charge in [0.2, 0.25) is 0 Å². The van der Waals surface area contributed by atoms with Crippen LogP contribution in [0.1, 0.15) is 17.0 Å². The lowest BCUT2D eigenvalue weighted by Gasteiger charge is -2.11. The van der Waals surface area contributed by atoms with Crippen LogP contribution in [0.25, 0.3) is 0 Å². The highest BCUT2D eigenvalue weighted by Gasteiger charge is 2.10. The highest BCUT2D eigenvalue weighted by atomic mass is 32.2. The maximum atomic E-state index is 11.0. The minimum atomic E-state index is -4.72. The first-order valence-corrected chi connectivity index (χ1v) is 7.61. The number of phenols is 1. The van der Waals surface area contributed by atoms with Crippen LogP contribution < -0.4 is 0 Å². The Kier molecular flexibility index (Phi) is 4.15. The number of hydrogen-bond acceptors (Lipinski definition) is 6. The van der Waals surface area contributed by atoms with Gasteiger partial charge in [0.05, 0.1) is 10.6 Å². The summed E-state index contributed by atoms with van der Waals surface area (Å²) in [6, 6.07) is 7.06. The molecular formula is C14H14NO5S-. The second-order valence-electron chi connectivity index (χ2n) is 4.67. The highest BCUT2D eigenvalue weighted by Crippen LogP contribution is 2.24. The lowest BCUT2D eigenvalue weighted by atomic mass is 10.1. The summed E-state index contributed by atoms with van der Waals surface area (Å²) in [7, 11) is -4.72. The molecule has 1 aromatic heterocycles.